The van der Waals surface area contributed by atoms with Crippen LogP contribution < -0.4 is 10.6 Å². The second kappa shape index (κ2) is 7.28. The normalized spacial score (nSPS) is 13.5. The van der Waals surface area contributed by atoms with Gasteiger partial charge in [0.25, 0.3) is 0 Å². The van der Waals surface area contributed by atoms with Gasteiger partial charge in [0.2, 0.25) is 0 Å². The zero-order chi connectivity index (χ0) is 14.3. The van der Waals surface area contributed by atoms with E-state index in [9.17, 15) is 0 Å². The lowest BCUT2D eigenvalue weighted by Crippen LogP contribution is -2.20. The lowest BCUT2D eigenvalue weighted by Gasteiger charge is -2.18. The van der Waals surface area contributed by atoms with E-state index in [1.54, 1.807) is 0 Å². The van der Waals surface area contributed by atoms with Crippen LogP contribution in [0.15, 0.2) is 48.5 Å². The van der Waals surface area contributed by atoms with Crippen molar-refractivity contribution >= 4 is 5.69 Å². The maximum absolute atomic E-state index is 3.55. The predicted molar refractivity (Wildman–Crippen MR) is 90.0 cm³/mol. The molecule has 3 rings (SSSR count). The van der Waals surface area contributed by atoms with Gasteiger partial charge in [-0.05, 0) is 61.5 Å². The Kier molecular flexibility index (Phi) is 4.90. The van der Waals surface area contributed by atoms with Gasteiger partial charge in [-0.25, -0.2) is 0 Å². The highest BCUT2D eigenvalue weighted by molar-refractivity contribution is 5.54. The number of fused-ring (bicyclic) bond motifs is 1. The zero-order valence-corrected chi connectivity index (χ0v) is 12.6. The summed E-state index contributed by atoms with van der Waals surface area (Å²) < 4.78 is 0. The smallest absolute Gasteiger partial charge is 0.0372 e. The predicted octanol–water partition coefficient (Wildman–Crippen LogP) is 3.42. The SMILES string of the molecule is c1ccc(CCNCCc2ccc3c(c2)CCCN3)cc1. The number of hydrogen-bond acceptors (Lipinski definition) is 2. The number of anilines is 1. The Hall–Kier alpha value is -1.80. The Bertz CT molecular complexity index is 563. The number of rotatable bonds is 6. The molecule has 2 aromatic rings. The molecule has 0 saturated carbocycles. The molecule has 0 saturated heterocycles. The third-order valence-electron chi connectivity index (χ3n) is 4.13. The van der Waals surface area contributed by atoms with E-state index >= 15 is 0 Å². The molecule has 2 N–H and O–H groups in total. The van der Waals surface area contributed by atoms with Crippen molar-refractivity contribution in [3.8, 4) is 0 Å². The Balaban J connectivity index is 1.41. The number of nitrogens with one attached hydrogen (secondary N) is 2. The first kappa shape index (κ1) is 14.2. The van der Waals surface area contributed by atoms with Crippen LogP contribution in [0.1, 0.15) is 23.1 Å². The van der Waals surface area contributed by atoms with Gasteiger partial charge in [-0.2, -0.15) is 0 Å². The van der Waals surface area contributed by atoms with E-state index in [0.29, 0.717) is 0 Å². The minimum absolute atomic E-state index is 1.05. The van der Waals surface area contributed by atoms with Gasteiger partial charge in [-0.1, -0.05) is 42.5 Å². The fourth-order valence-corrected chi connectivity index (χ4v) is 2.92. The van der Waals surface area contributed by atoms with Crippen molar-refractivity contribution < 1.29 is 0 Å². The molecule has 0 aromatic heterocycles. The van der Waals surface area contributed by atoms with E-state index in [1.165, 1.54) is 35.2 Å². The molecular weight excluding hydrogens is 256 g/mol. The fourth-order valence-electron chi connectivity index (χ4n) is 2.92. The topological polar surface area (TPSA) is 24.1 Å². The Labute approximate surface area is 127 Å². The van der Waals surface area contributed by atoms with Crippen molar-refractivity contribution in [2.75, 3.05) is 25.0 Å². The van der Waals surface area contributed by atoms with E-state index in [-0.39, 0.29) is 0 Å². The lowest BCUT2D eigenvalue weighted by atomic mass is 9.99. The number of benzene rings is 2. The van der Waals surface area contributed by atoms with Crippen LogP contribution in [0.3, 0.4) is 0 Å². The van der Waals surface area contributed by atoms with E-state index in [4.69, 9.17) is 0 Å². The third-order valence-corrected chi connectivity index (χ3v) is 4.13. The molecule has 1 aliphatic heterocycles. The fraction of sp³-hybridized carbons (Fsp3) is 0.368. The molecule has 0 aliphatic carbocycles. The molecule has 2 nitrogen and oxygen atoms in total. The van der Waals surface area contributed by atoms with Crippen molar-refractivity contribution in [3.05, 3.63) is 65.2 Å². The van der Waals surface area contributed by atoms with Crippen LogP contribution >= 0.6 is 0 Å². The summed E-state index contributed by atoms with van der Waals surface area (Å²) in [5, 5.41) is 7.02. The van der Waals surface area contributed by atoms with Gasteiger partial charge in [0, 0.05) is 12.2 Å². The monoisotopic (exact) mass is 280 g/mol. The summed E-state index contributed by atoms with van der Waals surface area (Å²) in [6.45, 7) is 3.23. The Morgan fingerprint density at radius 2 is 1.71 bits per heavy atom. The Morgan fingerprint density at radius 3 is 2.57 bits per heavy atom. The molecule has 0 fully saturated rings. The quantitative estimate of drug-likeness (QED) is 0.792. The van der Waals surface area contributed by atoms with Crippen LogP contribution in [0, 0.1) is 0 Å². The molecular formula is C19H24N2. The van der Waals surface area contributed by atoms with E-state index in [2.05, 4.69) is 59.2 Å². The molecule has 0 radical (unpaired) electrons. The largest absolute Gasteiger partial charge is 0.385 e. The molecule has 0 bridgehead atoms. The summed E-state index contributed by atoms with van der Waals surface area (Å²) in [4.78, 5) is 0. The second-order valence-corrected chi connectivity index (χ2v) is 5.76. The highest BCUT2D eigenvalue weighted by Crippen LogP contribution is 2.22. The Morgan fingerprint density at radius 1 is 0.905 bits per heavy atom. The zero-order valence-electron chi connectivity index (χ0n) is 12.6. The maximum Gasteiger partial charge on any atom is 0.0372 e. The van der Waals surface area contributed by atoms with Gasteiger partial charge in [0.05, 0.1) is 0 Å². The number of hydrogen-bond donors (Lipinski definition) is 2. The molecule has 1 heterocycles. The summed E-state index contributed by atoms with van der Waals surface area (Å²) in [5.74, 6) is 0. The van der Waals surface area contributed by atoms with Gasteiger partial charge in [-0.15, -0.1) is 0 Å². The molecule has 2 heteroatoms. The minimum Gasteiger partial charge on any atom is -0.385 e. The molecule has 0 amide bonds. The summed E-state index contributed by atoms with van der Waals surface area (Å²) in [5.41, 5.74) is 5.68. The average molecular weight is 280 g/mol. The van der Waals surface area contributed by atoms with Crippen molar-refractivity contribution in [2.24, 2.45) is 0 Å². The average Bonchev–Trinajstić information content (AvgIpc) is 2.55. The summed E-state index contributed by atoms with van der Waals surface area (Å²) in [6.07, 6.45) is 4.69. The number of aryl methyl sites for hydroxylation is 1. The van der Waals surface area contributed by atoms with E-state index < -0.39 is 0 Å². The molecule has 1 aliphatic rings. The van der Waals surface area contributed by atoms with Crippen LogP contribution in [0.4, 0.5) is 5.69 Å². The van der Waals surface area contributed by atoms with Gasteiger partial charge >= 0.3 is 0 Å². The van der Waals surface area contributed by atoms with Gasteiger partial charge in [-0.3, -0.25) is 0 Å². The summed E-state index contributed by atoms with van der Waals surface area (Å²) in [7, 11) is 0. The van der Waals surface area contributed by atoms with Gasteiger partial charge in [0.15, 0.2) is 0 Å². The minimum atomic E-state index is 1.05. The standard InChI is InChI=1S/C19H24N2/c1-2-5-16(6-3-1)10-13-20-14-11-17-8-9-19-18(15-17)7-4-12-21-19/h1-3,5-6,8-9,15,20-21H,4,7,10-14H2. The summed E-state index contributed by atoms with van der Waals surface area (Å²) in [6, 6.07) is 17.6. The van der Waals surface area contributed by atoms with Crippen molar-refractivity contribution in [1.29, 1.82) is 0 Å². The molecule has 0 atom stereocenters. The van der Waals surface area contributed by atoms with Crippen LogP contribution in [0.5, 0.6) is 0 Å². The van der Waals surface area contributed by atoms with Crippen LogP contribution in [0.25, 0.3) is 0 Å². The first-order valence-corrected chi connectivity index (χ1v) is 8.02. The highest BCUT2D eigenvalue weighted by atomic mass is 14.9. The van der Waals surface area contributed by atoms with Crippen molar-refractivity contribution in [2.45, 2.75) is 25.7 Å². The molecule has 0 spiro atoms. The molecule has 110 valence electrons. The van der Waals surface area contributed by atoms with Gasteiger partial charge in [0.1, 0.15) is 0 Å². The van der Waals surface area contributed by atoms with E-state index in [0.717, 1.165) is 32.5 Å². The second-order valence-electron chi connectivity index (χ2n) is 5.76. The first-order chi connectivity index (χ1) is 10.4. The molecule has 2 aromatic carbocycles. The van der Waals surface area contributed by atoms with Crippen molar-refractivity contribution in [3.63, 3.8) is 0 Å². The van der Waals surface area contributed by atoms with Crippen molar-refractivity contribution in [1.82, 2.24) is 5.32 Å². The summed E-state index contributed by atoms with van der Waals surface area (Å²) >= 11 is 0. The highest BCUT2D eigenvalue weighted by Gasteiger charge is 2.08. The van der Waals surface area contributed by atoms with Gasteiger partial charge < -0.3 is 10.6 Å². The van der Waals surface area contributed by atoms with E-state index in [1.807, 2.05) is 0 Å². The maximum atomic E-state index is 3.55. The molecule has 0 unspecified atom stereocenters. The van der Waals surface area contributed by atoms with Crippen LogP contribution in [-0.4, -0.2) is 19.6 Å². The van der Waals surface area contributed by atoms with Crippen LogP contribution in [-0.2, 0) is 19.3 Å². The van der Waals surface area contributed by atoms with Crippen LogP contribution in [0.2, 0.25) is 0 Å². The lowest BCUT2D eigenvalue weighted by molar-refractivity contribution is 0.681. The third kappa shape index (κ3) is 4.08. The molecule has 21 heavy (non-hydrogen) atoms. The first-order valence-electron chi connectivity index (χ1n) is 8.02.